The summed E-state index contributed by atoms with van der Waals surface area (Å²) in [6.45, 7) is 5.54. The lowest BCUT2D eigenvalue weighted by molar-refractivity contribution is -0.145. The van der Waals surface area contributed by atoms with Crippen molar-refractivity contribution in [1.29, 1.82) is 0 Å². The maximum absolute atomic E-state index is 12.8. The third kappa shape index (κ3) is 5.48. The second-order valence-electron chi connectivity index (χ2n) is 9.40. The molecule has 4 rings (SSSR count). The molecule has 1 unspecified atom stereocenters. The Hall–Kier alpha value is -3.81. The predicted molar refractivity (Wildman–Crippen MR) is 132 cm³/mol. The van der Waals surface area contributed by atoms with Gasteiger partial charge in [0.15, 0.2) is 0 Å². The number of hydrogen-bond acceptors (Lipinski definition) is 7. The summed E-state index contributed by atoms with van der Waals surface area (Å²) >= 11 is 0. The van der Waals surface area contributed by atoms with Crippen LogP contribution in [0.3, 0.4) is 0 Å². The second kappa shape index (κ2) is 9.82. The van der Waals surface area contributed by atoms with Gasteiger partial charge in [-0.3, -0.25) is 4.90 Å². The van der Waals surface area contributed by atoms with E-state index in [9.17, 15) is 9.59 Å². The number of methoxy groups -OCH3 is 2. The zero-order valence-electron chi connectivity index (χ0n) is 20.6. The quantitative estimate of drug-likeness (QED) is 0.485. The van der Waals surface area contributed by atoms with Gasteiger partial charge in [-0.2, -0.15) is 0 Å². The fourth-order valence-electron chi connectivity index (χ4n) is 4.10. The molecule has 1 aliphatic rings. The Kier molecular flexibility index (Phi) is 6.82. The fraction of sp³-hybridized carbons (Fsp3) is 0.370. The van der Waals surface area contributed by atoms with E-state index >= 15 is 0 Å². The number of esters is 1. The summed E-state index contributed by atoms with van der Waals surface area (Å²) in [5.41, 5.74) is 1.71. The van der Waals surface area contributed by atoms with Crippen molar-refractivity contribution in [2.24, 2.45) is 0 Å². The molecule has 0 aliphatic carbocycles. The van der Waals surface area contributed by atoms with Crippen LogP contribution in [0, 0.1) is 0 Å². The SMILES string of the molecule is COC(=O)[C@@H]1CC(Oc2cc(-c3ccccc3)nc3cc(OC)ccc23)CN1C(=O)OC(C)(C)C. The van der Waals surface area contributed by atoms with Crippen molar-refractivity contribution < 1.29 is 28.5 Å². The van der Waals surface area contributed by atoms with Crippen LogP contribution in [-0.4, -0.2) is 60.5 Å². The van der Waals surface area contributed by atoms with E-state index in [1.165, 1.54) is 12.0 Å². The van der Waals surface area contributed by atoms with Crippen molar-refractivity contribution in [1.82, 2.24) is 9.88 Å². The van der Waals surface area contributed by atoms with Gasteiger partial charge in [-0.05, 0) is 32.9 Å². The molecule has 2 aromatic carbocycles. The molecule has 184 valence electrons. The summed E-state index contributed by atoms with van der Waals surface area (Å²) in [7, 11) is 2.91. The third-order valence-corrected chi connectivity index (χ3v) is 5.71. The number of fused-ring (bicyclic) bond motifs is 1. The molecule has 35 heavy (non-hydrogen) atoms. The largest absolute Gasteiger partial charge is 0.497 e. The predicted octanol–water partition coefficient (Wildman–Crippen LogP) is 4.84. The lowest BCUT2D eigenvalue weighted by Crippen LogP contribution is -2.44. The van der Waals surface area contributed by atoms with Gasteiger partial charge in [0.05, 0.1) is 32.0 Å². The van der Waals surface area contributed by atoms with Crippen molar-refractivity contribution in [3.63, 3.8) is 0 Å². The van der Waals surface area contributed by atoms with E-state index in [4.69, 9.17) is 23.9 Å². The third-order valence-electron chi connectivity index (χ3n) is 5.71. The highest BCUT2D eigenvalue weighted by Crippen LogP contribution is 2.34. The molecular formula is C27H30N2O6. The normalized spacial score (nSPS) is 17.8. The van der Waals surface area contributed by atoms with Gasteiger partial charge in [0.25, 0.3) is 0 Å². The van der Waals surface area contributed by atoms with Crippen LogP contribution in [0.25, 0.3) is 22.2 Å². The highest BCUT2D eigenvalue weighted by Gasteiger charge is 2.43. The number of nitrogens with zero attached hydrogens (tertiary/aromatic N) is 2. The summed E-state index contributed by atoms with van der Waals surface area (Å²) in [4.78, 5) is 31.5. The molecule has 0 saturated carbocycles. The lowest BCUT2D eigenvalue weighted by Gasteiger charge is -2.27. The van der Waals surface area contributed by atoms with Gasteiger partial charge >= 0.3 is 12.1 Å². The van der Waals surface area contributed by atoms with Crippen LogP contribution in [0.2, 0.25) is 0 Å². The molecule has 2 heterocycles. The van der Waals surface area contributed by atoms with Crippen molar-refractivity contribution in [3.8, 4) is 22.8 Å². The Morgan fingerprint density at radius 1 is 1.03 bits per heavy atom. The number of benzene rings is 2. The zero-order valence-corrected chi connectivity index (χ0v) is 20.6. The van der Waals surface area contributed by atoms with Crippen LogP contribution in [0.1, 0.15) is 27.2 Å². The molecule has 3 aromatic rings. The Bertz CT molecular complexity index is 1220. The average molecular weight is 479 g/mol. The van der Waals surface area contributed by atoms with Gasteiger partial charge in [0.1, 0.15) is 29.2 Å². The van der Waals surface area contributed by atoms with Crippen LogP contribution < -0.4 is 9.47 Å². The van der Waals surface area contributed by atoms with Crippen LogP contribution in [-0.2, 0) is 14.3 Å². The van der Waals surface area contributed by atoms with Crippen molar-refractivity contribution in [2.45, 2.75) is 44.9 Å². The van der Waals surface area contributed by atoms with E-state index in [1.807, 2.05) is 54.6 Å². The van der Waals surface area contributed by atoms with E-state index in [2.05, 4.69) is 0 Å². The van der Waals surface area contributed by atoms with Gasteiger partial charge in [0.2, 0.25) is 0 Å². The first-order valence-corrected chi connectivity index (χ1v) is 11.5. The van der Waals surface area contributed by atoms with Gasteiger partial charge in [-0.1, -0.05) is 30.3 Å². The minimum atomic E-state index is -0.790. The van der Waals surface area contributed by atoms with E-state index in [1.54, 1.807) is 27.9 Å². The van der Waals surface area contributed by atoms with Crippen molar-refractivity contribution >= 4 is 23.0 Å². The van der Waals surface area contributed by atoms with Crippen LogP contribution in [0.5, 0.6) is 11.5 Å². The molecule has 0 spiro atoms. The van der Waals surface area contributed by atoms with E-state index in [0.29, 0.717) is 17.0 Å². The summed E-state index contributed by atoms with van der Waals surface area (Å²) < 4.78 is 22.3. The van der Waals surface area contributed by atoms with Crippen LogP contribution in [0.15, 0.2) is 54.6 Å². The Morgan fingerprint density at radius 3 is 2.43 bits per heavy atom. The van der Waals surface area contributed by atoms with E-state index in [-0.39, 0.29) is 13.0 Å². The summed E-state index contributed by atoms with van der Waals surface area (Å²) in [6, 6.07) is 16.5. The summed E-state index contributed by atoms with van der Waals surface area (Å²) in [5, 5.41) is 0.802. The van der Waals surface area contributed by atoms with Gasteiger partial charge in [-0.25, -0.2) is 14.6 Å². The number of aromatic nitrogens is 1. The number of pyridine rings is 1. The fourth-order valence-corrected chi connectivity index (χ4v) is 4.10. The molecule has 2 atom stereocenters. The van der Waals surface area contributed by atoms with E-state index < -0.39 is 29.8 Å². The highest BCUT2D eigenvalue weighted by molar-refractivity contribution is 5.89. The maximum atomic E-state index is 12.8. The smallest absolute Gasteiger partial charge is 0.411 e. The molecule has 1 saturated heterocycles. The molecule has 8 nitrogen and oxygen atoms in total. The Balaban J connectivity index is 1.68. The molecule has 1 amide bonds. The molecule has 1 aromatic heterocycles. The monoisotopic (exact) mass is 478 g/mol. The molecule has 0 radical (unpaired) electrons. The topological polar surface area (TPSA) is 87.2 Å². The standard InChI is InChI=1S/C27H30N2O6/c1-27(2,3)35-26(31)29-16-19(14-23(29)25(30)33-5)34-24-15-21(17-9-7-6-8-10-17)28-22-13-18(32-4)11-12-20(22)24/h6-13,15,19,23H,14,16H2,1-5H3/t19?,23-/m0/s1. The summed E-state index contributed by atoms with van der Waals surface area (Å²) in [5.74, 6) is 0.788. The lowest BCUT2D eigenvalue weighted by atomic mass is 10.1. The van der Waals surface area contributed by atoms with Gasteiger partial charge < -0.3 is 18.9 Å². The van der Waals surface area contributed by atoms with E-state index in [0.717, 1.165) is 16.6 Å². The number of likely N-dealkylation sites (tertiary alicyclic amines) is 1. The number of carbonyl (C=O) groups excluding carboxylic acids is 2. The molecular weight excluding hydrogens is 448 g/mol. The highest BCUT2D eigenvalue weighted by atomic mass is 16.6. The van der Waals surface area contributed by atoms with Crippen molar-refractivity contribution in [2.75, 3.05) is 20.8 Å². The average Bonchev–Trinajstić information content (AvgIpc) is 3.26. The second-order valence-corrected chi connectivity index (χ2v) is 9.40. The Labute approximate surface area is 204 Å². The number of hydrogen-bond donors (Lipinski definition) is 0. The first kappa shape index (κ1) is 24.3. The zero-order chi connectivity index (χ0) is 25.2. The number of carbonyl (C=O) groups is 2. The number of amides is 1. The van der Waals surface area contributed by atoms with Gasteiger partial charge in [-0.15, -0.1) is 0 Å². The van der Waals surface area contributed by atoms with Crippen LogP contribution >= 0.6 is 0 Å². The van der Waals surface area contributed by atoms with Crippen LogP contribution in [0.4, 0.5) is 4.79 Å². The molecule has 0 bridgehead atoms. The van der Waals surface area contributed by atoms with Crippen molar-refractivity contribution in [3.05, 3.63) is 54.6 Å². The Morgan fingerprint density at radius 2 is 1.77 bits per heavy atom. The maximum Gasteiger partial charge on any atom is 0.411 e. The first-order chi connectivity index (χ1) is 16.7. The molecule has 1 aliphatic heterocycles. The molecule has 1 fully saturated rings. The number of rotatable bonds is 5. The summed E-state index contributed by atoms with van der Waals surface area (Å²) in [6.07, 6.45) is -0.733. The van der Waals surface area contributed by atoms with Gasteiger partial charge in [0, 0.05) is 29.5 Å². The minimum Gasteiger partial charge on any atom is -0.497 e. The minimum absolute atomic E-state index is 0.190. The molecule has 8 heteroatoms. The molecule has 0 N–H and O–H groups in total. The first-order valence-electron chi connectivity index (χ1n) is 11.5. The number of ether oxygens (including phenoxy) is 4.